The summed E-state index contributed by atoms with van der Waals surface area (Å²) in [7, 11) is 3.08. The standard InChI is InChI=1S/C18H16N4O4S/c1-25-16-7-14-15(8-17(16)26-2)20-10-11(9-19)18(14)21-12-3-5-13(6-4-12)22-27(23)24/h3-8,10,22H,1-2H3,(H,20,21)(H,23,24). The summed E-state index contributed by atoms with van der Waals surface area (Å²) in [6.07, 6.45) is 1.49. The van der Waals surface area contributed by atoms with Crippen molar-refractivity contribution in [1.29, 1.82) is 5.26 Å². The number of benzene rings is 2. The van der Waals surface area contributed by atoms with Gasteiger partial charge in [0.25, 0.3) is 11.3 Å². The summed E-state index contributed by atoms with van der Waals surface area (Å²) >= 11 is -2.14. The van der Waals surface area contributed by atoms with Crippen molar-refractivity contribution in [3.63, 3.8) is 0 Å². The van der Waals surface area contributed by atoms with Gasteiger partial charge in [-0.2, -0.15) is 5.26 Å². The van der Waals surface area contributed by atoms with Crippen LogP contribution in [0.5, 0.6) is 11.5 Å². The number of anilines is 3. The molecule has 0 bridgehead atoms. The van der Waals surface area contributed by atoms with Gasteiger partial charge in [-0.1, -0.05) is 0 Å². The Labute approximate surface area is 158 Å². The molecule has 27 heavy (non-hydrogen) atoms. The largest absolute Gasteiger partial charge is 0.493 e. The summed E-state index contributed by atoms with van der Waals surface area (Å²) in [6, 6.07) is 12.4. The van der Waals surface area contributed by atoms with E-state index in [2.05, 4.69) is 21.1 Å². The highest BCUT2D eigenvalue weighted by molar-refractivity contribution is 7.80. The van der Waals surface area contributed by atoms with E-state index in [-0.39, 0.29) is 0 Å². The van der Waals surface area contributed by atoms with E-state index in [0.717, 1.165) is 0 Å². The molecule has 0 fully saturated rings. The Morgan fingerprint density at radius 2 is 1.74 bits per heavy atom. The molecule has 1 unspecified atom stereocenters. The summed E-state index contributed by atoms with van der Waals surface area (Å²) in [5.41, 5.74) is 2.78. The molecule has 0 spiro atoms. The first kappa shape index (κ1) is 18.4. The third-order valence-electron chi connectivity index (χ3n) is 3.85. The minimum absolute atomic E-state index is 0.369. The van der Waals surface area contributed by atoms with Crippen LogP contribution in [-0.2, 0) is 11.3 Å². The molecule has 0 aliphatic carbocycles. The predicted octanol–water partition coefficient (Wildman–Crippen LogP) is 3.42. The van der Waals surface area contributed by atoms with Crippen LogP contribution in [0, 0.1) is 11.3 Å². The first-order valence-electron chi connectivity index (χ1n) is 7.75. The fourth-order valence-electron chi connectivity index (χ4n) is 2.61. The molecule has 3 rings (SSSR count). The third kappa shape index (κ3) is 3.92. The zero-order valence-corrected chi connectivity index (χ0v) is 15.3. The van der Waals surface area contributed by atoms with Crippen molar-refractivity contribution >= 4 is 39.2 Å². The third-order valence-corrected chi connectivity index (χ3v) is 4.26. The van der Waals surface area contributed by atoms with E-state index in [0.29, 0.717) is 45.0 Å². The van der Waals surface area contributed by atoms with Gasteiger partial charge in [0.15, 0.2) is 11.5 Å². The lowest BCUT2D eigenvalue weighted by atomic mass is 10.1. The lowest BCUT2D eigenvalue weighted by Crippen LogP contribution is -2.02. The smallest absolute Gasteiger partial charge is 0.259 e. The Balaban J connectivity index is 2.06. The van der Waals surface area contributed by atoms with Crippen molar-refractivity contribution in [2.45, 2.75) is 0 Å². The van der Waals surface area contributed by atoms with Crippen LogP contribution < -0.4 is 19.5 Å². The molecule has 0 radical (unpaired) electrons. The summed E-state index contributed by atoms with van der Waals surface area (Å²) < 4.78 is 32.7. The number of hydrogen-bond donors (Lipinski definition) is 3. The molecule has 0 amide bonds. The van der Waals surface area contributed by atoms with Gasteiger partial charge in [-0.3, -0.25) is 14.3 Å². The molecule has 0 saturated carbocycles. The second-order valence-corrected chi connectivity index (χ2v) is 6.14. The molecular formula is C18H16N4O4S. The van der Waals surface area contributed by atoms with Crippen molar-refractivity contribution in [2.75, 3.05) is 24.3 Å². The molecule has 1 atom stereocenters. The van der Waals surface area contributed by atoms with Gasteiger partial charge in [0.05, 0.1) is 31.0 Å². The Bertz CT molecular complexity index is 1050. The maximum Gasteiger partial charge on any atom is 0.259 e. The van der Waals surface area contributed by atoms with Gasteiger partial charge in [0.2, 0.25) is 0 Å². The Kier molecular flexibility index (Phi) is 5.40. The number of methoxy groups -OCH3 is 2. The minimum atomic E-state index is -2.14. The van der Waals surface area contributed by atoms with Crippen LogP contribution in [0.1, 0.15) is 5.56 Å². The number of ether oxygens (including phenoxy) is 2. The monoisotopic (exact) mass is 384 g/mol. The van der Waals surface area contributed by atoms with Crippen LogP contribution in [0.4, 0.5) is 17.1 Å². The van der Waals surface area contributed by atoms with Crippen molar-refractivity contribution in [1.82, 2.24) is 4.98 Å². The Morgan fingerprint density at radius 1 is 1.11 bits per heavy atom. The molecule has 0 saturated heterocycles. The average molecular weight is 384 g/mol. The highest BCUT2D eigenvalue weighted by Gasteiger charge is 2.14. The van der Waals surface area contributed by atoms with Gasteiger partial charge in [0, 0.05) is 29.0 Å². The van der Waals surface area contributed by atoms with E-state index < -0.39 is 11.3 Å². The average Bonchev–Trinajstić information content (AvgIpc) is 2.68. The molecule has 0 aliphatic rings. The number of nitriles is 1. The number of hydrogen-bond acceptors (Lipinski definition) is 6. The molecule has 9 heteroatoms. The fraction of sp³-hybridized carbons (Fsp3) is 0.111. The topological polar surface area (TPSA) is 116 Å². The maximum absolute atomic E-state index is 10.8. The van der Waals surface area contributed by atoms with Gasteiger partial charge >= 0.3 is 0 Å². The molecule has 1 aromatic heterocycles. The molecule has 8 nitrogen and oxygen atoms in total. The van der Waals surface area contributed by atoms with Gasteiger partial charge < -0.3 is 14.8 Å². The number of nitrogens with one attached hydrogen (secondary N) is 2. The van der Waals surface area contributed by atoms with Crippen LogP contribution in [0.2, 0.25) is 0 Å². The number of aromatic nitrogens is 1. The summed E-state index contributed by atoms with van der Waals surface area (Å²) in [5, 5.41) is 13.4. The van der Waals surface area contributed by atoms with E-state index in [1.165, 1.54) is 13.3 Å². The van der Waals surface area contributed by atoms with E-state index in [4.69, 9.17) is 14.0 Å². The molecule has 3 N–H and O–H groups in total. The van der Waals surface area contributed by atoms with E-state index in [1.807, 2.05) is 0 Å². The lowest BCUT2D eigenvalue weighted by molar-refractivity contribution is 0.356. The number of nitrogens with zero attached hydrogens (tertiary/aromatic N) is 2. The van der Waals surface area contributed by atoms with Gasteiger partial charge in [-0.25, -0.2) is 4.21 Å². The van der Waals surface area contributed by atoms with Crippen LogP contribution in [0.25, 0.3) is 10.9 Å². The van der Waals surface area contributed by atoms with Crippen LogP contribution in [-0.4, -0.2) is 28.0 Å². The van der Waals surface area contributed by atoms with E-state index >= 15 is 0 Å². The second kappa shape index (κ2) is 7.90. The highest BCUT2D eigenvalue weighted by Crippen LogP contribution is 2.37. The predicted molar refractivity (Wildman–Crippen MR) is 104 cm³/mol. The molecule has 2 aromatic carbocycles. The Hall–Kier alpha value is -3.35. The zero-order valence-electron chi connectivity index (χ0n) is 14.5. The first-order valence-corrected chi connectivity index (χ1v) is 8.85. The van der Waals surface area contributed by atoms with Crippen LogP contribution in [0.15, 0.2) is 42.6 Å². The quantitative estimate of drug-likeness (QED) is 0.558. The molecule has 0 aliphatic heterocycles. The normalized spacial score (nSPS) is 11.5. The first-order chi connectivity index (χ1) is 13.0. The maximum atomic E-state index is 10.8. The van der Waals surface area contributed by atoms with Crippen LogP contribution >= 0.6 is 0 Å². The SMILES string of the molecule is COc1cc2ncc(C#N)c(Nc3ccc(NS(=O)O)cc3)c2cc1OC. The molecule has 1 heterocycles. The van der Waals surface area contributed by atoms with E-state index in [9.17, 15) is 9.47 Å². The lowest BCUT2D eigenvalue weighted by Gasteiger charge is -2.14. The number of rotatable bonds is 6. The molecule has 3 aromatic rings. The zero-order chi connectivity index (χ0) is 19.4. The van der Waals surface area contributed by atoms with Gasteiger partial charge in [0.1, 0.15) is 6.07 Å². The summed E-state index contributed by atoms with van der Waals surface area (Å²) in [6.45, 7) is 0. The van der Waals surface area contributed by atoms with Crippen molar-refractivity contribution in [3.8, 4) is 17.6 Å². The minimum Gasteiger partial charge on any atom is -0.493 e. The van der Waals surface area contributed by atoms with E-state index in [1.54, 1.807) is 43.5 Å². The molecule has 138 valence electrons. The second-order valence-electron chi connectivity index (χ2n) is 5.44. The van der Waals surface area contributed by atoms with Gasteiger partial charge in [-0.05, 0) is 30.3 Å². The highest BCUT2D eigenvalue weighted by atomic mass is 32.2. The number of pyridine rings is 1. The summed E-state index contributed by atoms with van der Waals surface area (Å²) in [5.74, 6) is 1.07. The summed E-state index contributed by atoms with van der Waals surface area (Å²) in [4.78, 5) is 4.32. The molecular weight excluding hydrogens is 368 g/mol. The fourth-order valence-corrected chi connectivity index (χ4v) is 2.94. The van der Waals surface area contributed by atoms with Crippen LogP contribution in [0.3, 0.4) is 0 Å². The number of fused-ring (bicyclic) bond motifs is 1. The van der Waals surface area contributed by atoms with Crippen molar-refractivity contribution < 1.29 is 18.2 Å². The Morgan fingerprint density at radius 3 is 2.33 bits per heavy atom. The van der Waals surface area contributed by atoms with Crippen molar-refractivity contribution in [2.24, 2.45) is 0 Å². The van der Waals surface area contributed by atoms with Gasteiger partial charge in [-0.15, -0.1) is 0 Å². The van der Waals surface area contributed by atoms with Crippen molar-refractivity contribution in [3.05, 3.63) is 48.2 Å².